The van der Waals surface area contributed by atoms with Gasteiger partial charge in [-0.15, -0.1) is 0 Å². The van der Waals surface area contributed by atoms with Crippen molar-refractivity contribution in [3.63, 3.8) is 0 Å². The van der Waals surface area contributed by atoms with Crippen molar-refractivity contribution >= 4 is 5.97 Å². The van der Waals surface area contributed by atoms with Crippen molar-refractivity contribution in [3.05, 3.63) is 0 Å². The number of rotatable bonds is 9. The number of methoxy groups -OCH3 is 1. The van der Waals surface area contributed by atoms with Crippen LogP contribution in [0.15, 0.2) is 0 Å². The van der Waals surface area contributed by atoms with Gasteiger partial charge in [-0.2, -0.15) is 0 Å². The van der Waals surface area contributed by atoms with Gasteiger partial charge in [0, 0.05) is 19.8 Å². The van der Waals surface area contributed by atoms with Crippen molar-refractivity contribution in [2.45, 2.75) is 39.7 Å². The second-order valence-corrected chi connectivity index (χ2v) is 3.91. The summed E-state index contributed by atoms with van der Waals surface area (Å²) in [4.78, 5) is 13.6. The third-order valence-electron chi connectivity index (χ3n) is 2.51. The summed E-state index contributed by atoms with van der Waals surface area (Å²) >= 11 is 0. The molecule has 0 aliphatic carbocycles. The minimum Gasteiger partial charge on any atom is -0.465 e. The molecule has 1 atom stereocenters. The van der Waals surface area contributed by atoms with E-state index in [0.29, 0.717) is 19.2 Å². The molecule has 0 bridgehead atoms. The minimum atomic E-state index is -0.139. The van der Waals surface area contributed by atoms with Gasteiger partial charge in [0.2, 0.25) is 0 Å². The van der Waals surface area contributed by atoms with Crippen LogP contribution in [0.3, 0.4) is 0 Å². The van der Waals surface area contributed by atoms with Gasteiger partial charge in [-0.25, -0.2) is 0 Å². The molecule has 0 rings (SSSR count). The van der Waals surface area contributed by atoms with E-state index in [4.69, 9.17) is 9.47 Å². The van der Waals surface area contributed by atoms with Crippen molar-refractivity contribution < 1.29 is 14.3 Å². The SMILES string of the molecule is CCCN(CC(=O)OCC)C(C)CCOC. The maximum atomic E-state index is 11.4. The van der Waals surface area contributed by atoms with Gasteiger partial charge >= 0.3 is 5.97 Å². The molecular formula is C12H25NO3. The first-order chi connectivity index (χ1) is 7.65. The molecule has 1 unspecified atom stereocenters. The van der Waals surface area contributed by atoms with Gasteiger partial charge in [0.1, 0.15) is 0 Å². The molecule has 0 fully saturated rings. The normalized spacial score (nSPS) is 12.8. The third kappa shape index (κ3) is 6.80. The molecule has 0 saturated carbocycles. The molecule has 0 aromatic carbocycles. The van der Waals surface area contributed by atoms with Gasteiger partial charge < -0.3 is 9.47 Å². The fourth-order valence-corrected chi connectivity index (χ4v) is 1.59. The Morgan fingerprint density at radius 3 is 2.56 bits per heavy atom. The standard InChI is InChI=1S/C12H25NO3/c1-5-8-13(10-12(14)16-6-2)11(3)7-9-15-4/h11H,5-10H2,1-4H3. The van der Waals surface area contributed by atoms with E-state index in [1.54, 1.807) is 7.11 Å². The van der Waals surface area contributed by atoms with Crippen LogP contribution in [0.25, 0.3) is 0 Å². The number of nitrogens with zero attached hydrogens (tertiary/aromatic N) is 1. The summed E-state index contributed by atoms with van der Waals surface area (Å²) < 4.78 is 10.0. The predicted molar refractivity (Wildman–Crippen MR) is 64.5 cm³/mol. The lowest BCUT2D eigenvalue weighted by Gasteiger charge is -2.27. The lowest BCUT2D eigenvalue weighted by Crippen LogP contribution is -2.39. The first-order valence-corrected chi connectivity index (χ1v) is 6.04. The highest BCUT2D eigenvalue weighted by Crippen LogP contribution is 2.05. The van der Waals surface area contributed by atoms with Crippen LogP contribution < -0.4 is 0 Å². The molecule has 16 heavy (non-hydrogen) atoms. The molecule has 0 heterocycles. The molecular weight excluding hydrogens is 206 g/mol. The number of carbonyl (C=O) groups is 1. The largest absolute Gasteiger partial charge is 0.465 e. The maximum absolute atomic E-state index is 11.4. The van der Waals surface area contributed by atoms with Gasteiger partial charge in [0.15, 0.2) is 0 Å². The molecule has 0 N–H and O–H groups in total. The Morgan fingerprint density at radius 1 is 1.38 bits per heavy atom. The highest BCUT2D eigenvalue weighted by Gasteiger charge is 2.16. The zero-order valence-corrected chi connectivity index (χ0v) is 11.0. The molecule has 0 spiro atoms. The van der Waals surface area contributed by atoms with Crippen LogP contribution >= 0.6 is 0 Å². The molecule has 0 radical (unpaired) electrons. The first kappa shape index (κ1) is 15.4. The Morgan fingerprint density at radius 2 is 2.06 bits per heavy atom. The summed E-state index contributed by atoms with van der Waals surface area (Å²) in [5, 5.41) is 0. The predicted octanol–water partition coefficient (Wildman–Crippen LogP) is 1.69. The van der Waals surface area contributed by atoms with E-state index in [9.17, 15) is 4.79 Å². The van der Waals surface area contributed by atoms with E-state index in [1.165, 1.54) is 0 Å². The van der Waals surface area contributed by atoms with Gasteiger partial charge in [0.25, 0.3) is 0 Å². The van der Waals surface area contributed by atoms with Crippen molar-refractivity contribution in [2.24, 2.45) is 0 Å². The molecule has 4 heteroatoms. The molecule has 0 aliphatic rings. The molecule has 0 saturated heterocycles. The molecule has 96 valence electrons. The summed E-state index contributed by atoms with van der Waals surface area (Å²) in [7, 11) is 1.70. The summed E-state index contributed by atoms with van der Waals surface area (Å²) in [5.74, 6) is -0.139. The molecule has 0 aromatic heterocycles. The number of hydrogen-bond donors (Lipinski definition) is 0. The van der Waals surface area contributed by atoms with E-state index in [2.05, 4.69) is 18.7 Å². The number of esters is 1. The molecule has 0 amide bonds. The van der Waals surface area contributed by atoms with Crippen LogP contribution in [0.1, 0.15) is 33.6 Å². The van der Waals surface area contributed by atoms with Crippen LogP contribution in [-0.4, -0.2) is 50.3 Å². The van der Waals surface area contributed by atoms with Gasteiger partial charge in [-0.1, -0.05) is 6.92 Å². The van der Waals surface area contributed by atoms with Gasteiger partial charge in [-0.3, -0.25) is 9.69 Å². The Bertz CT molecular complexity index is 185. The highest BCUT2D eigenvalue weighted by atomic mass is 16.5. The van der Waals surface area contributed by atoms with Crippen LogP contribution in [0.5, 0.6) is 0 Å². The smallest absolute Gasteiger partial charge is 0.320 e. The van der Waals surface area contributed by atoms with Crippen molar-refractivity contribution in [1.82, 2.24) is 4.90 Å². The maximum Gasteiger partial charge on any atom is 0.320 e. The van der Waals surface area contributed by atoms with E-state index >= 15 is 0 Å². The fourth-order valence-electron chi connectivity index (χ4n) is 1.59. The Hall–Kier alpha value is -0.610. The van der Waals surface area contributed by atoms with Gasteiger partial charge in [0.05, 0.1) is 13.2 Å². The van der Waals surface area contributed by atoms with E-state index in [-0.39, 0.29) is 5.97 Å². The van der Waals surface area contributed by atoms with E-state index < -0.39 is 0 Å². The zero-order valence-electron chi connectivity index (χ0n) is 11.0. The monoisotopic (exact) mass is 231 g/mol. The Kier molecular flexibility index (Phi) is 9.24. The first-order valence-electron chi connectivity index (χ1n) is 6.04. The van der Waals surface area contributed by atoms with Crippen molar-refractivity contribution in [3.8, 4) is 0 Å². The highest BCUT2D eigenvalue weighted by molar-refractivity contribution is 5.71. The topological polar surface area (TPSA) is 38.8 Å². The van der Waals surface area contributed by atoms with Gasteiger partial charge in [-0.05, 0) is 33.2 Å². The molecule has 0 aliphatic heterocycles. The number of hydrogen-bond acceptors (Lipinski definition) is 4. The average molecular weight is 231 g/mol. The van der Waals surface area contributed by atoms with Crippen LogP contribution in [0.4, 0.5) is 0 Å². The second-order valence-electron chi connectivity index (χ2n) is 3.91. The van der Waals surface area contributed by atoms with Crippen LogP contribution in [0, 0.1) is 0 Å². The number of ether oxygens (including phenoxy) is 2. The fraction of sp³-hybridized carbons (Fsp3) is 0.917. The molecule has 0 aromatic rings. The Balaban J connectivity index is 4.08. The summed E-state index contributed by atoms with van der Waals surface area (Å²) in [6, 6.07) is 0.351. The van der Waals surface area contributed by atoms with Crippen LogP contribution in [0.2, 0.25) is 0 Å². The summed E-state index contributed by atoms with van der Waals surface area (Å²) in [6.07, 6.45) is 1.98. The van der Waals surface area contributed by atoms with E-state index in [1.807, 2.05) is 6.92 Å². The Labute approximate surface area is 98.9 Å². The van der Waals surface area contributed by atoms with Crippen molar-refractivity contribution in [2.75, 3.05) is 33.4 Å². The summed E-state index contributed by atoms with van der Waals surface area (Å²) in [6.45, 7) is 8.54. The summed E-state index contributed by atoms with van der Waals surface area (Å²) in [5.41, 5.74) is 0. The van der Waals surface area contributed by atoms with Crippen LogP contribution in [-0.2, 0) is 14.3 Å². The zero-order chi connectivity index (χ0) is 12.4. The van der Waals surface area contributed by atoms with E-state index in [0.717, 1.165) is 26.0 Å². The third-order valence-corrected chi connectivity index (χ3v) is 2.51. The van der Waals surface area contributed by atoms with Crippen molar-refractivity contribution in [1.29, 1.82) is 0 Å². The average Bonchev–Trinajstić information content (AvgIpc) is 2.25. The number of carbonyl (C=O) groups excluding carboxylic acids is 1. The molecule has 4 nitrogen and oxygen atoms in total. The lowest BCUT2D eigenvalue weighted by atomic mass is 10.2. The lowest BCUT2D eigenvalue weighted by molar-refractivity contribution is -0.145. The minimum absolute atomic E-state index is 0.139. The quantitative estimate of drug-likeness (QED) is 0.566. The second kappa shape index (κ2) is 9.60.